The summed E-state index contributed by atoms with van der Waals surface area (Å²) >= 11 is 35.6. The Morgan fingerprint density at radius 1 is 0.353 bits per heavy atom. The number of hydrogen-bond acceptors (Lipinski definition) is 0. The molecular formula is C24H20Br4Cl4S2. The van der Waals surface area contributed by atoms with Crippen molar-refractivity contribution in [3.8, 4) is 0 Å². The highest BCUT2D eigenvalue weighted by molar-refractivity contribution is 9.11. The lowest BCUT2D eigenvalue weighted by Gasteiger charge is -1.87. The molecule has 4 aromatic carbocycles. The van der Waals surface area contributed by atoms with Crippen LogP contribution in [0.5, 0.6) is 0 Å². The van der Waals surface area contributed by atoms with Crippen LogP contribution < -0.4 is 0 Å². The fourth-order valence-electron chi connectivity index (χ4n) is 1.84. The molecule has 0 saturated heterocycles. The first-order valence-corrected chi connectivity index (χ1v) is 13.5. The van der Waals surface area contributed by atoms with Gasteiger partial charge in [0.25, 0.3) is 0 Å². The average Bonchev–Trinajstić information content (AvgIpc) is 2.69. The van der Waals surface area contributed by atoms with Gasteiger partial charge in [0.05, 0.1) is 0 Å². The van der Waals surface area contributed by atoms with Gasteiger partial charge in [0.1, 0.15) is 0 Å². The maximum Gasteiger partial charge on any atom is 0.0417 e. The van der Waals surface area contributed by atoms with Gasteiger partial charge in [-0.15, -0.1) is 0 Å². The molecule has 0 nitrogen and oxygen atoms in total. The van der Waals surface area contributed by atoms with Crippen molar-refractivity contribution < 1.29 is 0 Å². The van der Waals surface area contributed by atoms with E-state index in [0.717, 1.165) is 38.0 Å². The molecule has 0 aliphatic rings. The Hall–Kier alpha value is 0.660. The first-order chi connectivity index (χ1) is 15.2. The highest BCUT2D eigenvalue weighted by atomic mass is 79.9. The molecule has 0 bridgehead atoms. The minimum Gasteiger partial charge on any atom is -0.197 e. The zero-order chi connectivity index (χ0) is 23.9. The average molecular weight is 834 g/mol. The molecule has 184 valence electrons. The van der Waals surface area contributed by atoms with E-state index in [-0.39, 0.29) is 27.0 Å². The van der Waals surface area contributed by atoms with Crippen molar-refractivity contribution in [1.29, 1.82) is 0 Å². The van der Waals surface area contributed by atoms with Gasteiger partial charge >= 0.3 is 0 Å². The van der Waals surface area contributed by atoms with Crippen LogP contribution in [0.15, 0.2) is 115 Å². The summed E-state index contributed by atoms with van der Waals surface area (Å²) in [5, 5.41) is 3.05. The van der Waals surface area contributed by atoms with E-state index < -0.39 is 0 Å². The van der Waals surface area contributed by atoms with Gasteiger partial charge in [0, 0.05) is 38.0 Å². The van der Waals surface area contributed by atoms with Crippen LogP contribution in [0.4, 0.5) is 0 Å². The summed E-state index contributed by atoms with van der Waals surface area (Å²) in [6, 6.07) is 30.1. The third-order valence-electron chi connectivity index (χ3n) is 3.15. The quantitative estimate of drug-likeness (QED) is 0.166. The molecule has 10 heteroatoms. The van der Waals surface area contributed by atoms with E-state index in [1.54, 1.807) is 0 Å². The zero-order valence-electron chi connectivity index (χ0n) is 17.3. The van der Waals surface area contributed by atoms with Crippen molar-refractivity contribution in [1.82, 2.24) is 0 Å². The van der Waals surface area contributed by atoms with E-state index in [1.807, 2.05) is 97.1 Å². The maximum absolute atomic E-state index is 5.61. The minimum atomic E-state index is 0. The summed E-state index contributed by atoms with van der Waals surface area (Å²) in [5.41, 5.74) is 0. The molecule has 4 aromatic rings. The first-order valence-electron chi connectivity index (χ1n) is 8.80. The van der Waals surface area contributed by atoms with Crippen LogP contribution in [-0.2, 0) is 0 Å². The van der Waals surface area contributed by atoms with Gasteiger partial charge < -0.3 is 0 Å². The number of benzene rings is 4. The fraction of sp³-hybridized carbons (Fsp3) is 0. The smallest absolute Gasteiger partial charge is 0.0417 e. The first kappa shape index (κ1) is 36.8. The lowest BCUT2D eigenvalue weighted by Crippen LogP contribution is -1.61. The minimum absolute atomic E-state index is 0. The van der Waals surface area contributed by atoms with Crippen LogP contribution >= 0.6 is 137 Å². The lowest BCUT2D eigenvalue weighted by atomic mass is 10.4. The lowest BCUT2D eigenvalue weighted by molar-refractivity contribution is 1.65. The summed E-state index contributed by atoms with van der Waals surface area (Å²) in [4.78, 5) is 0. The monoisotopic (exact) mass is 828 g/mol. The standard InChI is InChI=1S/4C6H4BrCl.2H2S/c4*7-5-2-1-3-6(8)4-5;;/h4*1-4H;2*1H2. The Balaban J connectivity index is 0. The molecule has 0 fully saturated rings. The molecule has 0 atom stereocenters. The van der Waals surface area contributed by atoms with Gasteiger partial charge in [-0.25, -0.2) is 0 Å². The Morgan fingerprint density at radius 3 is 0.618 bits per heavy atom. The second-order valence-electron chi connectivity index (χ2n) is 5.76. The van der Waals surface area contributed by atoms with E-state index in [0.29, 0.717) is 0 Å². The molecule has 0 radical (unpaired) electrons. The molecular weight excluding hydrogens is 814 g/mol. The molecule has 4 rings (SSSR count). The molecule has 0 heterocycles. The summed E-state index contributed by atoms with van der Waals surface area (Å²) < 4.78 is 4.07. The predicted molar refractivity (Wildman–Crippen MR) is 177 cm³/mol. The van der Waals surface area contributed by atoms with Gasteiger partial charge in [-0.1, -0.05) is 134 Å². The van der Waals surface area contributed by atoms with Gasteiger partial charge in [0.15, 0.2) is 0 Å². The van der Waals surface area contributed by atoms with E-state index in [9.17, 15) is 0 Å². The molecule has 0 aliphatic heterocycles. The normalized spacial score (nSPS) is 8.71. The number of rotatable bonds is 0. The summed E-state index contributed by atoms with van der Waals surface area (Å²) in [5.74, 6) is 0. The van der Waals surface area contributed by atoms with E-state index >= 15 is 0 Å². The van der Waals surface area contributed by atoms with Crippen LogP contribution in [0.25, 0.3) is 0 Å². The van der Waals surface area contributed by atoms with Crippen molar-refractivity contribution in [2.75, 3.05) is 0 Å². The summed E-state index contributed by atoms with van der Waals surface area (Å²) in [6.07, 6.45) is 0. The van der Waals surface area contributed by atoms with Crippen molar-refractivity contribution in [2.24, 2.45) is 0 Å². The molecule has 0 N–H and O–H groups in total. The summed E-state index contributed by atoms with van der Waals surface area (Å²) in [7, 11) is 0. The predicted octanol–water partition coefficient (Wildman–Crippen LogP) is 12.6. The van der Waals surface area contributed by atoms with Crippen LogP contribution in [0, 0.1) is 0 Å². The molecule has 0 unspecified atom stereocenters. The Labute approximate surface area is 269 Å². The highest BCUT2D eigenvalue weighted by Gasteiger charge is 1.86. The Bertz CT molecular complexity index is 859. The number of halogens is 8. The second-order valence-corrected chi connectivity index (χ2v) is 11.2. The topological polar surface area (TPSA) is 0 Å². The zero-order valence-corrected chi connectivity index (χ0v) is 28.6. The van der Waals surface area contributed by atoms with Crippen LogP contribution in [0.1, 0.15) is 0 Å². The summed E-state index contributed by atoms with van der Waals surface area (Å²) in [6.45, 7) is 0. The van der Waals surface area contributed by atoms with Crippen LogP contribution in [-0.4, -0.2) is 0 Å². The molecule has 0 saturated carbocycles. The van der Waals surface area contributed by atoms with Gasteiger partial charge in [-0.05, 0) is 72.8 Å². The molecule has 0 amide bonds. The third kappa shape index (κ3) is 19.8. The van der Waals surface area contributed by atoms with Crippen molar-refractivity contribution in [2.45, 2.75) is 0 Å². The Kier molecular flexibility index (Phi) is 23.5. The van der Waals surface area contributed by atoms with E-state index in [4.69, 9.17) is 46.4 Å². The third-order valence-corrected chi connectivity index (χ3v) is 6.06. The van der Waals surface area contributed by atoms with Crippen LogP contribution in [0.3, 0.4) is 0 Å². The van der Waals surface area contributed by atoms with E-state index in [2.05, 4.69) is 63.7 Å². The fourth-order valence-corrected chi connectivity index (χ4v) is 4.72. The second kappa shape index (κ2) is 21.7. The Morgan fingerprint density at radius 2 is 0.529 bits per heavy atom. The van der Waals surface area contributed by atoms with Crippen molar-refractivity contribution >= 4 is 137 Å². The number of hydrogen-bond donors (Lipinski definition) is 0. The van der Waals surface area contributed by atoms with Gasteiger partial charge in [0.2, 0.25) is 0 Å². The molecule has 0 aliphatic carbocycles. The van der Waals surface area contributed by atoms with E-state index in [1.165, 1.54) is 0 Å². The maximum atomic E-state index is 5.61. The SMILES string of the molecule is Clc1cccc(Br)c1.Clc1cccc(Br)c1.Clc1cccc(Br)c1.Clc1cccc(Br)c1.S.S. The van der Waals surface area contributed by atoms with Gasteiger partial charge in [-0.3, -0.25) is 0 Å². The van der Waals surface area contributed by atoms with Crippen molar-refractivity contribution in [3.63, 3.8) is 0 Å². The molecule has 0 spiro atoms. The van der Waals surface area contributed by atoms with Crippen LogP contribution in [0.2, 0.25) is 20.1 Å². The largest absolute Gasteiger partial charge is 0.197 e. The molecule has 34 heavy (non-hydrogen) atoms. The molecule has 0 aromatic heterocycles. The van der Waals surface area contributed by atoms with Gasteiger partial charge in [-0.2, -0.15) is 27.0 Å². The van der Waals surface area contributed by atoms with Crippen molar-refractivity contribution in [3.05, 3.63) is 135 Å². The highest BCUT2D eigenvalue weighted by Crippen LogP contribution is 2.17.